The van der Waals surface area contributed by atoms with E-state index < -0.39 is 0 Å². The lowest BCUT2D eigenvalue weighted by atomic mass is 10.1. The van der Waals surface area contributed by atoms with E-state index in [9.17, 15) is 0 Å². The molecule has 0 rings (SSSR count). The average Bonchev–Trinajstić information content (AvgIpc) is 1.80. The van der Waals surface area contributed by atoms with Gasteiger partial charge in [-0.3, -0.25) is 0 Å². The fourth-order valence-corrected chi connectivity index (χ4v) is 0.746. The Morgan fingerprint density at radius 1 is 1.44 bits per heavy atom. The Balaban J connectivity index is 2.91. The summed E-state index contributed by atoms with van der Waals surface area (Å²) in [7, 11) is 1.83. The second-order valence-corrected chi connectivity index (χ2v) is 2.77. The lowest BCUT2D eigenvalue weighted by Crippen LogP contribution is -1.86. The molecule has 0 fully saturated rings. The standard InChI is InChI=1S/C8H17N/c1-8(2)6-4-5-7-9-3/h7-8H,4-6H2,1-3H3. The van der Waals surface area contributed by atoms with Crippen LogP contribution in [0.5, 0.6) is 0 Å². The van der Waals surface area contributed by atoms with Gasteiger partial charge in [0, 0.05) is 7.05 Å². The van der Waals surface area contributed by atoms with E-state index in [2.05, 4.69) is 18.8 Å². The summed E-state index contributed by atoms with van der Waals surface area (Å²) in [4.78, 5) is 3.91. The van der Waals surface area contributed by atoms with Crippen LogP contribution in [0.4, 0.5) is 0 Å². The molecule has 0 aliphatic heterocycles. The molecule has 0 N–H and O–H groups in total. The highest BCUT2D eigenvalue weighted by atomic mass is 14.6. The zero-order chi connectivity index (χ0) is 7.11. The first-order valence-corrected chi connectivity index (χ1v) is 3.68. The fourth-order valence-electron chi connectivity index (χ4n) is 0.746. The molecule has 0 heterocycles. The van der Waals surface area contributed by atoms with Crippen LogP contribution in [0.2, 0.25) is 0 Å². The molecular formula is C8H17N. The van der Waals surface area contributed by atoms with Crippen molar-refractivity contribution < 1.29 is 0 Å². The Labute approximate surface area is 58.2 Å². The fraction of sp³-hybridized carbons (Fsp3) is 0.875. The molecule has 0 saturated carbocycles. The van der Waals surface area contributed by atoms with E-state index in [1.165, 1.54) is 12.8 Å². The lowest BCUT2D eigenvalue weighted by Gasteiger charge is -1.99. The van der Waals surface area contributed by atoms with Crippen molar-refractivity contribution in [2.75, 3.05) is 7.05 Å². The Morgan fingerprint density at radius 2 is 2.11 bits per heavy atom. The van der Waals surface area contributed by atoms with Gasteiger partial charge in [-0.15, -0.1) is 0 Å². The Bertz CT molecular complexity index is 74.6. The first kappa shape index (κ1) is 8.67. The van der Waals surface area contributed by atoms with Gasteiger partial charge in [-0.1, -0.05) is 20.3 Å². The van der Waals surface area contributed by atoms with Gasteiger partial charge in [0.2, 0.25) is 0 Å². The highest BCUT2D eigenvalue weighted by Gasteiger charge is 1.90. The highest BCUT2D eigenvalue weighted by molar-refractivity contribution is 5.56. The van der Waals surface area contributed by atoms with Crippen LogP contribution in [0.1, 0.15) is 33.1 Å². The molecule has 0 atom stereocenters. The van der Waals surface area contributed by atoms with Crippen LogP contribution >= 0.6 is 0 Å². The topological polar surface area (TPSA) is 12.4 Å². The summed E-state index contributed by atoms with van der Waals surface area (Å²) in [6.45, 7) is 4.51. The second kappa shape index (κ2) is 5.80. The van der Waals surface area contributed by atoms with Gasteiger partial charge < -0.3 is 4.99 Å². The third kappa shape index (κ3) is 7.67. The molecule has 1 heteroatoms. The van der Waals surface area contributed by atoms with E-state index in [-0.39, 0.29) is 0 Å². The lowest BCUT2D eigenvalue weighted by molar-refractivity contribution is 0.566. The van der Waals surface area contributed by atoms with E-state index in [1.807, 2.05) is 13.3 Å². The van der Waals surface area contributed by atoms with Gasteiger partial charge >= 0.3 is 0 Å². The monoisotopic (exact) mass is 127 g/mol. The van der Waals surface area contributed by atoms with Crippen molar-refractivity contribution in [3.05, 3.63) is 0 Å². The first-order valence-electron chi connectivity index (χ1n) is 3.68. The Kier molecular flexibility index (Phi) is 5.59. The molecule has 1 nitrogen and oxygen atoms in total. The van der Waals surface area contributed by atoms with Gasteiger partial charge in [-0.25, -0.2) is 0 Å². The molecule has 0 spiro atoms. The molecule has 0 aromatic carbocycles. The molecule has 0 aromatic heterocycles. The number of aliphatic imine (C=N–C) groups is 1. The third-order valence-corrected chi connectivity index (χ3v) is 1.30. The summed E-state index contributed by atoms with van der Waals surface area (Å²) in [5.41, 5.74) is 0. The molecule has 0 aliphatic carbocycles. The maximum absolute atomic E-state index is 3.91. The molecule has 0 aromatic rings. The molecule has 0 saturated heterocycles. The molecular weight excluding hydrogens is 110 g/mol. The molecule has 0 aliphatic rings. The molecule has 54 valence electrons. The number of unbranched alkanes of at least 4 members (excludes halogenated alkanes) is 1. The highest BCUT2D eigenvalue weighted by Crippen LogP contribution is 2.04. The SMILES string of the molecule is CN=CCCCC(C)C. The molecule has 0 amide bonds. The van der Waals surface area contributed by atoms with Crippen LogP contribution in [0.3, 0.4) is 0 Å². The first-order chi connectivity index (χ1) is 4.27. The summed E-state index contributed by atoms with van der Waals surface area (Å²) in [5.74, 6) is 0.843. The van der Waals surface area contributed by atoms with Crippen molar-refractivity contribution in [3.63, 3.8) is 0 Å². The van der Waals surface area contributed by atoms with Crippen LogP contribution < -0.4 is 0 Å². The summed E-state index contributed by atoms with van der Waals surface area (Å²) < 4.78 is 0. The minimum Gasteiger partial charge on any atom is -0.301 e. The molecule has 9 heavy (non-hydrogen) atoms. The van der Waals surface area contributed by atoms with Crippen molar-refractivity contribution >= 4 is 6.21 Å². The maximum Gasteiger partial charge on any atom is 0.0273 e. The largest absolute Gasteiger partial charge is 0.301 e. The minimum atomic E-state index is 0.843. The summed E-state index contributed by atoms with van der Waals surface area (Å²) in [6.07, 6.45) is 5.75. The van der Waals surface area contributed by atoms with Gasteiger partial charge in [-0.05, 0) is 25.0 Å². The van der Waals surface area contributed by atoms with Crippen molar-refractivity contribution in [1.29, 1.82) is 0 Å². The van der Waals surface area contributed by atoms with Crippen molar-refractivity contribution in [2.24, 2.45) is 10.9 Å². The van der Waals surface area contributed by atoms with Crippen LogP contribution in [-0.2, 0) is 0 Å². The van der Waals surface area contributed by atoms with Gasteiger partial charge in [-0.2, -0.15) is 0 Å². The molecule has 0 bridgehead atoms. The predicted molar refractivity (Wildman–Crippen MR) is 43.1 cm³/mol. The normalized spacial score (nSPS) is 11.6. The zero-order valence-corrected chi connectivity index (χ0v) is 6.72. The quantitative estimate of drug-likeness (QED) is 0.406. The van der Waals surface area contributed by atoms with Crippen molar-refractivity contribution in [1.82, 2.24) is 0 Å². The van der Waals surface area contributed by atoms with Gasteiger partial charge in [0.15, 0.2) is 0 Å². The van der Waals surface area contributed by atoms with Crippen molar-refractivity contribution in [2.45, 2.75) is 33.1 Å². The van der Waals surface area contributed by atoms with Crippen LogP contribution in [0.25, 0.3) is 0 Å². The number of hydrogen-bond donors (Lipinski definition) is 0. The van der Waals surface area contributed by atoms with E-state index in [1.54, 1.807) is 0 Å². The second-order valence-electron chi connectivity index (χ2n) is 2.77. The number of hydrogen-bond acceptors (Lipinski definition) is 1. The van der Waals surface area contributed by atoms with Crippen LogP contribution in [0.15, 0.2) is 4.99 Å². The number of nitrogens with zero attached hydrogens (tertiary/aromatic N) is 1. The van der Waals surface area contributed by atoms with Crippen LogP contribution in [-0.4, -0.2) is 13.3 Å². The summed E-state index contributed by atoms with van der Waals surface area (Å²) in [5, 5.41) is 0. The van der Waals surface area contributed by atoms with Gasteiger partial charge in [0.1, 0.15) is 0 Å². The smallest absolute Gasteiger partial charge is 0.0273 e. The van der Waals surface area contributed by atoms with E-state index in [0.29, 0.717) is 0 Å². The van der Waals surface area contributed by atoms with Gasteiger partial charge in [0.25, 0.3) is 0 Å². The average molecular weight is 127 g/mol. The molecule has 0 unspecified atom stereocenters. The Hall–Kier alpha value is -0.330. The van der Waals surface area contributed by atoms with E-state index in [0.717, 1.165) is 12.3 Å². The van der Waals surface area contributed by atoms with E-state index in [4.69, 9.17) is 0 Å². The predicted octanol–water partition coefficient (Wildman–Crippen LogP) is 2.51. The Morgan fingerprint density at radius 3 is 2.56 bits per heavy atom. The van der Waals surface area contributed by atoms with Gasteiger partial charge in [0.05, 0.1) is 0 Å². The zero-order valence-electron chi connectivity index (χ0n) is 6.72. The number of rotatable bonds is 4. The summed E-state index contributed by atoms with van der Waals surface area (Å²) >= 11 is 0. The third-order valence-electron chi connectivity index (χ3n) is 1.30. The summed E-state index contributed by atoms with van der Waals surface area (Å²) in [6, 6.07) is 0. The minimum absolute atomic E-state index is 0.843. The van der Waals surface area contributed by atoms with Crippen molar-refractivity contribution in [3.8, 4) is 0 Å². The maximum atomic E-state index is 3.91. The molecule has 0 radical (unpaired) electrons. The van der Waals surface area contributed by atoms with E-state index >= 15 is 0 Å². The van der Waals surface area contributed by atoms with Crippen LogP contribution in [0, 0.1) is 5.92 Å².